The van der Waals surface area contributed by atoms with Gasteiger partial charge in [-0.2, -0.15) is 0 Å². The highest BCUT2D eigenvalue weighted by Gasteiger charge is 2.21. The molecule has 0 fully saturated rings. The first-order valence-corrected chi connectivity index (χ1v) is 7.86. The van der Waals surface area contributed by atoms with Gasteiger partial charge < -0.3 is 10.8 Å². The third-order valence-electron chi connectivity index (χ3n) is 2.49. The lowest BCUT2D eigenvalue weighted by Gasteiger charge is -2.09. The predicted octanol–water partition coefficient (Wildman–Crippen LogP) is 1.35. The fourth-order valence-electron chi connectivity index (χ4n) is 1.56. The van der Waals surface area contributed by atoms with Gasteiger partial charge in [0.2, 0.25) is 0 Å². The first kappa shape index (κ1) is 15.0. The molecule has 1 aromatic carbocycles. The number of amides is 1. The van der Waals surface area contributed by atoms with E-state index >= 15 is 0 Å². The number of aromatic carboxylic acids is 1. The Morgan fingerprint density at radius 3 is 2.38 bits per heavy atom. The molecule has 0 bridgehead atoms. The van der Waals surface area contributed by atoms with Gasteiger partial charge in [-0.3, -0.25) is 9.52 Å². The molecule has 2 aromatic rings. The molecule has 110 valence electrons. The molecule has 1 heterocycles. The Bertz CT molecular complexity index is 811. The van der Waals surface area contributed by atoms with Crippen molar-refractivity contribution in [2.45, 2.75) is 4.21 Å². The minimum Gasteiger partial charge on any atom is -0.477 e. The second kappa shape index (κ2) is 5.54. The van der Waals surface area contributed by atoms with Crippen molar-refractivity contribution in [1.29, 1.82) is 0 Å². The van der Waals surface area contributed by atoms with E-state index in [4.69, 9.17) is 10.8 Å². The van der Waals surface area contributed by atoms with Gasteiger partial charge in [0.1, 0.15) is 9.09 Å². The normalized spacial score (nSPS) is 11.0. The van der Waals surface area contributed by atoms with Gasteiger partial charge in [-0.05, 0) is 24.3 Å². The van der Waals surface area contributed by atoms with E-state index in [9.17, 15) is 18.0 Å². The Labute approximate surface area is 124 Å². The monoisotopic (exact) mass is 326 g/mol. The van der Waals surface area contributed by atoms with Crippen LogP contribution in [0.1, 0.15) is 20.0 Å². The average molecular weight is 326 g/mol. The van der Waals surface area contributed by atoms with Crippen LogP contribution >= 0.6 is 11.3 Å². The highest BCUT2D eigenvalue weighted by Crippen LogP contribution is 2.25. The number of carboxylic acids is 1. The number of benzene rings is 1. The van der Waals surface area contributed by atoms with E-state index in [1.807, 2.05) is 0 Å². The van der Waals surface area contributed by atoms with Crippen molar-refractivity contribution in [3.63, 3.8) is 0 Å². The number of para-hydroxylation sites is 1. The molecule has 0 unspecified atom stereocenters. The first-order valence-electron chi connectivity index (χ1n) is 5.56. The van der Waals surface area contributed by atoms with Crippen LogP contribution in [-0.4, -0.2) is 25.4 Å². The van der Waals surface area contributed by atoms with E-state index in [0.717, 1.165) is 0 Å². The molecule has 0 aliphatic carbocycles. The van der Waals surface area contributed by atoms with Crippen molar-refractivity contribution in [2.75, 3.05) is 4.72 Å². The Balaban J connectivity index is 2.37. The van der Waals surface area contributed by atoms with Crippen molar-refractivity contribution in [3.05, 3.63) is 46.8 Å². The van der Waals surface area contributed by atoms with Gasteiger partial charge in [0.15, 0.2) is 0 Å². The van der Waals surface area contributed by atoms with E-state index in [-0.39, 0.29) is 20.3 Å². The summed E-state index contributed by atoms with van der Waals surface area (Å²) < 4.78 is 26.4. The fourth-order valence-corrected chi connectivity index (χ4v) is 3.79. The molecule has 1 amide bonds. The summed E-state index contributed by atoms with van der Waals surface area (Å²) in [5.41, 5.74) is 5.23. The van der Waals surface area contributed by atoms with Gasteiger partial charge in [0, 0.05) is 0 Å². The summed E-state index contributed by atoms with van der Waals surface area (Å²) in [4.78, 5) is 21.9. The zero-order valence-corrected chi connectivity index (χ0v) is 12.1. The van der Waals surface area contributed by atoms with Crippen LogP contribution in [0.15, 0.2) is 40.6 Å². The van der Waals surface area contributed by atoms with Crippen LogP contribution in [0.4, 0.5) is 5.69 Å². The zero-order valence-electron chi connectivity index (χ0n) is 10.4. The maximum atomic E-state index is 12.2. The third-order valence-corrected chi connectivity index (χ3v) is 5.42. The number of carbonyl (C=O) groups is 2. The summed E-state index contributed by atoms with van der Waals surface area (Å²) in [6.07, 6.45) is 0. The van der Waals surface area contributed by atoms with E-state index < -0.39 is 21.9 Å². The van der Waals surface area contributed by atoms with Gasteiger partial charge in [-0.15, -0.1) is 11.3 Å². The van der Waals surface area contributed by atoms with Crippen molar-refractivity contribution in [1.82, 2.24) is 0 Å². The Morgan fingerprint density at radius 1 is 1.14 bits per heavy atom. The van der Waals surface area contributed by atoms with Crippen LogP contribution in [0, 0.1) is 0 Å². The predicted molar refractivity (Wildman–Crippen MR) is 77.0 cm³/mol. The molecule has 4 N–H and O–H groups in total. The van der Waals surface area contributed by atoms with Crippen molar-refractivity contribution < 1.29 is 23.1 Å². The number of hydrogen-bond acceptors (Lipinski definition) is 5. The summed E-state index contributed by atoms with van der Waals surface area (Å²) in [5, 5.41) is 8.80. The van der Waals surface area contributed by atoms with E-state index in [1.165, 1.54) is 24.3 Å². The molecule has 0 aliphatic rings. The Morgan fingerprint density at radius 2 is 1.81 bits per heavy atom. The van der Waals surface area contributed by atoms with Crippen molar-refractivity contribution >= 4 is 38.9 Å². The Kier molecular flexibility index (Phi) is 3.96. The van der Waals surface area contributed by atoms with Gasteiger partial charge >= 0.3 is 5.97 Å². The highest BCUT2D eigenvalue weighted by atomic mass is 32.2. The molecule has 0 aliphatic heterocycles. The number of hydrogen-bond donors (Lipinski definition) is 3. The maximum Gasteiger partial charge on any atom is 0.345 e. The fraction of sp³-hybridized carbons (Fsp3) is 0. The lowest BCUT2D eigenvalue weighted by atomic mass is 10.2. The van der Waals surface area contributed by atoms with Crippen LogP contribution in [0.25, 0.3) is 0 Å². The Hall–Kier alpha value is -2.39. The van der Waals surface area contributed by atoms with Gasteiger partial charge in [-0.1, -0.05) is 12.1 Å². The minimum absolute atomic E-state index is 0.0242. The second-order valence-corrected chi connectivity index (χ2v) is 6.93. The summed E-state index contributed by atoms with van der Waals surface area (Å²) >= 11 is 0.615. The average Bonchev–Trinajstić information content (AvgIpc) is 2.89. The highest BCUT2D eigenvalue weighted by molar-refractivity contribution is 7.94. The molecule has 9 heteroatoms. The van der Waals surface area contributed by atoms with Crippen LogP contribution in [0.5, 0.6) is 0 Å². The van der Waals surface area contributed by atoms with Gasteiger partial charge in [-0.25, -0.2) is 13.2 Å². The van der Waals surface area contributed by atoms with Crippen molar-refractivity contribution in [2.24, 2.45) is 5.73 Å². The lowest BCUT2D eigenvalue weighted by molar-refractivity contribution is 0.0702. The largest absolute Gasteiger partial charge is 0.477 e. The molecule has 0 atom stereocenters. The molecular weight excluding hydrogens is 316 g/mol. The summed E-state index contributed by atoms with van der Waals surface area (Å²) in [6.45, 7) is 0. The minimum atomic E-state index is -3.98. The maximum absolute atomic E-state index is 12.2. The number of nitrogens with one attached hydrogen (secondary N) is 1. The number of anilines is 1. The number of nitrogens with two attached hydrogens (primary N) is 1. The standard InChI is InChI=1S/C12H10N2O5S2/c13-11(15)7-3-1-2-4-8(7)14-21(18,19)10-6-5-9(20-10)12(16)17/h1-6,14H,(H2,13,15)(H,16,17). The molecule has 0 saturated heterocycles. The second-order valence-electron chi connectivity index (χ2n) is 3.94. The topological polar surface area (TPSA) is 127 Å². The van der Waals surface area contributed by atoms with E-state index in [1.54, 1.807) is 12.1 Å². The third kappa shape index (κ3) is 3.20. The molecule has 0 spiro atoms. The van der Waals surface area contributed by atoms with Gasteiger partial charge in [0.25, 0.3) is 15.9 Å². The zero-order chi connectivity index (χ0) is 15.6. The quantitative estimate of drug-likeness (QED) is 0.764. The van der Waals surface area contributed by atoms with E-state index in [2.05, 4.69) is 4.72 Å². The molecule has 21 heavy (non-hydrogen) atoms. The summed E-state index contributed by atoms with van der Waals surface area (Å²) in [7, 11) is -3.98. The number of carbonyl (C=O) groups excluding carboxylic acids is 1. The molecule has 0 saturated carbocycles. The molecule has 7 nitrogen and oxygen atoms in total. The number of primary amides is 1. The van der Waals surface area contributed by atoms with Crippen LogP contribution < -0.4 is 10.5 Å². The summed E-state index contributed by atoms with van der Waals surface area (Å²) in [5.74, 6) is -1.98. The van der Waals surface area contributed by atoms with Crippen LogP contribution in [0.2, 0.25) is 0 Å². The molecule has 0 radical (unpaired) electrons. The van der Waals surface area contributed by atoms with Gasteiger partial charge in [0.05, 0.1) is 11.3 Å². The van der Waals surface area contributed by atoms with Crippen LogP contribution in [0.3, 0.4) is 0 Å². The number of carboxylic acid groups (broad SMARTS) is 1. The summed E-state index contributed by atoms with van der Waals surface area (Å²) in [6, 6.07) is 8.25. The van der Waals surface area contributed by atoms with E-state index in [0.29, 0.717) is 11.3 Å². The smallest absolute Gasteiger partial charge is 0.345 e. The molecule has 2 rings (SSSR count). The lowest BCUT2D eigenvalue weighted by Crippen LogP contribution is -2.18. The first-order chi connectivity index (χ1) is 9.81. The van der Waals surface area contributed by atoms with Crippen LogP contribution in [-0.2, 0) is 10.0 Å². The number of thiophene rings is 1. The number of rotatable bonds is 5. The number of sulfonamides is 1. The SMILES string of the molecule is NC(=O)c1ccccc1NS(=O)(=O)c1ccc(C(=O)O)s1. The molecular formula is C12H10N2O5S2. The molecule has 1 aromatic heterocycles. The van der Waals surface area contributed by atoms with Crippen molar-refractivity contribution in [3.8, 4) is 0 Å².